The number of hydrogen-bond donors (Lipinski definition) is 0. The Kier molecular flexibility index (Phi) is 7.22. The number of carbonyl (C=O) groups is 1. The van der Waals surface area contributed by atoms with Gasteiger partial charge in [-0.05, 0) is 30.5 Å². The van der Waals surface area contributed by atoms with Crippen molar-refractivity contribution in [3.63, 3.8) is 0 Å². The van der Waals surface area contributed by atoms with Crippen LogP contribution in [0.3, 0.4) is 0 Å². The third kappa shape index (κ3) is 3.80. The molecule has 1 aliphatic rings. The van der Waals surface area contributed by atoms with Crippen molar-refractivity contribution in [3.05, 3.63) is 89.7 Å². The molecule has 5 nitrogen and oxygen atoms in total. The molecular formula is C23H27ClN2O3. The molecule has 0 aliphatic carbocycles. The number of benzene rings is 2. The third-order valence-electron chi connectivity index (χ3n) is 5.62. The van der Waals surface area contributed by atoms with E-state index in [0.717, 1.165) is 23.2 Å². The van der Waals surface area contributed by atoms with Crippen LogP contribution in [0.25, 0.3) is 0 Å². The predicted molar refractivity (Wildman–Crippen MR) is 115 cm³/mol. The highest BCUT2D eigenvalue weighted by molar-refractivity contribution is 5.90. The van der Waals surface area contributed by atoms with Gasteiger partial charge in [0, 0.05) is 12.1 Å². The summed E-state index contributed by atoms with van der Waals surface area (Å²) in [6.07, 6.45) is 2.56. The van der Waals surface area contributed by atoms with Gasteiger partial charge in [-0.3, -0.25) is 9.48 Å². The van der Waals surface area contributed by atoms with Crippen LogP contribution >= 0.6 is 12.4 Å². The highest BCUT2D eigenvalue weighted by Crippen LogP contribution is 2.49. The van der Waals surface area contributed by atoms with Crippen molar-refractivity contribution in [1.29, 1.82) is 0 Å². The predicted octanol–water partition coefficient (Wildman–Crippen LogP) is 3.73. The lowest BCUT2D eigenvalue weighted by molar-refractivity contribution is -0.145. The van der Waals surface area contributed by atoms with Gasteiger partial charge < -0.3 is 10.2 Å². The second kappa shape index (κ2) is 9.25. The van der Waals surface area contributed by atoms with Crippen LogP contribution in [0.15, 0.2) is 72.9 Å². The fraction of sp³-hybridized carbons (Fsp3) is 0.304. The van der Waals surface area contributed by atoms with E-state index in [1.807, 2.05) is 84.5 Å². The second-order valence-corrected chi connectivity index (χ2v) is 7.18. The Morgan fingerprint density at radius 3 is 2.00 bits per heavy atom. The molecule has 4 rings (SSSR count). The molecule has 6 heteroatoms. The minimum Gasteiger partial charge on any atom is -0.459 e. The molecule has 3 aromatic rings. The van der Waals surface area contributed by atoms with Gasteiger partial charge >= 0.3 is 5.97 Å². The number of hydrogen-bond acceptors (Lipinski definition) is 3. The van der Waals surface area contributed by atoms with Crippen molar-refractivity contribution in [1.82, 2.24) is 9.78 Å². The van der Waals surface area contributed by atoms with Gasteiger partial charge in [-0.2, -0.15) is 5.10 Å². The zero-order chi connectivity index (χ0) is 18.9. The van der Waals surface area contributed by atoms with E-state index in [1.54, 1.807) is 0 Å². The number of aryl methyl sites for hydroxylation is 1. The number of cyclic esters (lactones) is 1. The number of aromatic nitrogens is 2. The van der Waals surface area contributed by atoms with Crippen LogP contribution in [-0.2, 0) is 21.5 Å². The molecule has 0 amide bonds. The smallest absolute Gasteiger partial charge is 0.321 e. The third-order valence-corrected chi connectivity index (χ3v) is 5.62. The first-order valence-corrected chi connectivity index (χ1v) is 9.48. The van der Waals surface area contributed by atoms with Crippen LogP contribution < -0.4 is 0 Å². The minimum absolute atomic E-state index is 0. The van der Waals surface area contributed by atoms with Crippen LogP contribution in [0.2, 0.25) is 0 Å². The Bertz CT molecular complexity index is 888. The van der Waals surface area contributed by atoms with Crippen molar-refractivity contribution < 1.29 is 15.0 Å². The van der Waals surface area contributed by atoms with E-state index in [-0.39, 0.29) is 35.9 Å². The SMILES string of the molecule is CCC1C(Cn2ccc(C)n2)OC(=O)C1(c1ccccc1)c1ccccc1.Cl.O. The fourth-order valence-corrected chi connectivity index (χ4v) is 4.46. The number of carbonyl (C=O) groups excluding carboxylic acids is 1. The molecule has 1 saturated heterocycles. The van der Waals surface area contributed by atoms with Gasteiger partial charge in [-0.25, -0.2) is 0 Å². The standard InChI is InChI=1S/C23H24N2O2.ClH.H2O/c1-3-20-21(16-25-15-14-17(2)24-25)27-22(26)23(20,18-10-6-4-7-11-18)19-12-8-5-9-13-19;;/h4-15,20-21H,3,16H2,1-2H3;1H;1H2. The molecule has 2 heterocycles. The van der Waals surface area contributed by atoms with E-state index in [4.69, 9.17) is 4.74 Å². The maximum Gasteiger partial charge on any atom is 0.321 e. The van der Waals surface area contributed by atoms with E-state index >= 15 is 0 Å². The summed E-state index contributed by atoms with van der Waals surface area (Å²) in [5, 5.41) is 4.49. The Morgan fingerprint density at radius 1 is 1.00 bits per heavy atom. The van der Waals surface area contributed by atoms with Crippen molar-refractivity contribution in [2.75, 3.05) is 0 Å². The van der Waals surface area contributed by atoms with Crippen LogP contribution in [0.4, 0.5) is 0 Å². The summed E-state index contributed by atoms with van der Waals surface area (Å²) in [6.45, 7) is 4.67. The van der Waals surface area contributed by atoms with Crippen molar-refractivity contribution in [3.8, 4) is 0 Å². The minimum atomic E-state index is -0.788. The van der Waals surface area contributed by atoms with Gasteiger partial charge in [-0.15, -0.1) is 12.4 Å². The van der Waals surface area contributed by atoms with Gasteiger partial charge in [0.2, 0.25) is 0 Å². The lowest BCUT2D eigenvalue weighted by atomic mass is 9.64. The zero-order valence-electron chi connectivity index (χ0n) is 16.6. The number of rotatable bonds is 5. The van der Waals surface area contributed by atoms with Crippen molar-refractivity contribution >= 4 is 18.4 Å². The highest BCUT2D eigenvalue weighted by atomic mass is 35.5. The van der Waals surface area contributed by atoms with Gasteiger partial charge in [-0.1, -0.05) is 67.6 Å². The monoisotopic (exact) mass is 414 g/mol. The summed E-state index contributed by atoms with van der Waals surface area (Å²) >= 11 is 0. The van der Waals surface area contributed by atoms with Crippen LogP contribution in [0.5, 0.6) is 0 Å². The first-order valence-electron chi connectivity index (χ1n) is 9.48. The maximum absolute atomic E-state index is 13.4. The molecule has 1 aromatic heterocycles. The lowest BCUT2D eigenvalue weighted by Crippen LogP contribution is -2.41. The first kappa shape index (κ1) is 22.7. The van der Waals surface area contributed by atoms with Gasteiger partial charge in [0.1, 0.15) is 11.5 Å². The average molecular weight is 415 g/mol. The molecule has 2 N–H and O–H groups in total. The molecule has 0 spiro atoms. The molecule has 0 saturated carbocycles. The van der Waals surface area contributed by atoms with Crippen LogP contribution in [-0.4, -0.2) is 27.3 Å². The molecule has 2 atom stereocenters. The van der Waals surface area contributed by atoms with Crippen LogP contribution in [0.1, 0.15) is 30.2 Å². The molecule has 2 aromatic carbocycles. The second-order valence-electron chi connectivity index (χ2n) is 7.18. The normalized spacial score (nSPS) is 19.7. The number of halogens is 1. The van der Waals surface area contributed by atoms with E-state index in [9.17, 15) is 4.79 Å². The average Bonchev–Trinajstić information content (AvgIpc) is 3.23. The quantitative estimate of drug-likeness (QED) is 0.597. The molecule has 0 bridgehead atoms. The molecule has 2 unspecified atom stereocenters. The Labute approximate surface area is 177 Å². The van der Waals surface area contributed by atoms with E-state index < -0.39 is 5.41 Å². The fourth-order valence-electron chi connectivity index (χ4n) is 4.46. The Hall–Kier alpha value is -2.63. The number of nitrogens with zero attached hydrogens (tertiary/aromatic N) is 2. The van der Waals surface area contributed by atoms with E-state index in [1.165, 1.54) is 0 Å². The van der Waals surface area contributed by atoms with E-state index in [0.29, 0.717) is 6.54 Å². The highest BCUT2D eigenvalue weighted by Gasteiger charge is 2.58. The molecule has 1 fully saturated rings. The lowest BCUT2D eigenvalue weighted by Gasteiger charge is -2.33. The van der Waals surface area contributed by atoms with Gasteiger partial charge in [0.05, 0.1) is 12.2 Å². The van der Waals surface area contributed by atoms with E-state index in [2.05, 4.69) is 12.0 Å². The summed E-state index contributed by atoms with van der Waals surface area (Å²) < 4.78 is 7.88. The van der Waals surface area contributed by atoms with Gasteiger partial charge in [0.15, 0.2) is 0 Å². The topological polar surface area (TPSA) is 75.6 Å². The summed E-state index contributed by atoms with van der Waals surface area (Å²) in [7, 11) is 0. The largest absolute Gasteiger partial charge is 0.459 e. The molecule has 29 heavy (non-hydrogen) atoms. The first-order chi connectivity index (χ1) is 13.2. The Morgan fingerprint density at radius 2 is 1.55 bits per heavy atom. The summed E-state index contributed by atoms with van der Waals surface area (Å²) in [5.74, 6) is -0.139. The number of esters is 1. The number of ether oxygens (including phenoxy) is 1. The zero-order valence-corrected chi connectivity index (χ0v) is 17.4. The molecule has 154 valence electrons. The molecular weight excluding hydrogens is 388 g/mol. The molecule has 0 radical (unpaired) electrons. The van der Waals surface area contributed by atoms with Crippen LogP contribution in [0, 0.1) is 12.8 Å². The maximum atomic E-state index is 13.4. The van der Waals surface area contributed by atoms with Crippen molar-refractivity contribution in [2.24, 2.45) is 5.92 Å². The van der Waals surface area contributed by atoms with Crippen molar-refractivity contribution in [2.45, 2.75) is 38.3 Å². The Balaban J connectivity index is 0.00000150. The van der Waals surface area contributed by atoms with Gasteiger partial charge in [0.25, 0.3) is 0 Å². The summed E-state index contributed by atoms with van der Waals surface area (Å²) in [4.78, 5) is 13.4. The summed E-state index contributed by atoms with van der Waals surface area (Å²) in [6, 6.07) is 22.0. The molecule has 1 aliphatic heterocycles. The summed E-state index contributed by atoms with van der Waals surface area (Å²) in [5.41, 5.74) is 2.16.